The van der Waals surface area contributed by atoms with Gasteiger partial charge in [0.25, 0.3) is 0 Å². The van der Waals surface area contributed by atoms with Crippen LogP contribution in [-0.4, -0.2) is 90.8 Å². The Kier molecular flexibility index (Phi) is 11.1. The molecule has 1 atom stereocenters. The molecule has 2 saturated heterocycles. The average Bonchev–Trinajstić information content (AvgIpc) is 2.64. The number of carbonyl (C=O) groups excluding carboxylic acids is 2. The van der Waals surface area contributed by atoms with E-state index in [4.69, 9.17) is 0 Å². The molecule has 2 aliphatic rings. The van der Waals surface area contributed by atoms with Crippen molar-refractivity contribution in [3.05, 3.63) is 0 Å². The van der Waals surface area contributed by atoms with Crippen molar-refractivity contribution in [1.29, 1.82) is 0 Å². The predicted octanol–water partition coefficient (Wildman–Crippen LogP) is 1.84. The normalized spacial score (nSPS) is 20.9. The van der Waals surface area contributed by atoms with Gasteiger partial charge >= 0.3 is 0 Å². The number of piperidine rings is 1. The fourth-order valence-electron chi connectivity index (χ4n) is 4.00. The fraction of sp³-hybridized carbons (Fsp3) is 0.905. The molecule has 27 heavy (non-hydrogen) atoms. The minimum atomic E-state index is -0.0999. The summed E-state index contributed by atoms with van der Waals surface area (Å²) in [5, 5.41) is 3.30. The van der Waals surface area contributed by atoms with Gasteiger partial charge in [0, 0.05) is 38.8 Å². The van der Waals surface area contributed by atoms with Crippen LogP contribution in [0.1, 0.15) is 54.4 Å². The van der Waals surface area contributed by atoms with Crippen LogP contribution < -0.4 is 5.32 Å². The zero-order valence-corrected chi connectivity index (χ0v) is 18.5. The molecular weight excluding hydrogens is 340 g/mol. The highest BCUT2D eigenvalue weighted by atomic mass is 16.2. The number of nitrogens with zero attached hydrogens (tertiary/aromatic N) is 3. The molecule has 0 spiro atoms. The van der Waals surface area contributed by atoms with Gasteiger partial charge in [0.1, 0.15) is 5.78 Å². The van der Waals surface area contributed by atoms with E-state index in [1.165, 1.54) is 12.8 Å². The Hall–Kier alpha value is -0.980. The number of Topliss-reactive ketones (excluding diaryl/α,β-unsaturated/α-hetero) is 1. The number of carbonyl (C=O) groups is 2. The van der Waals surface area contributed by atoms with Crippen molar-refractivity contribution in [1.82, 2.24) is 20.0 Å². The number of ketones is 1. The van der Waals surface area contributed by atoms with Gasteiger partial charge in [0.2, 0.25) is 5.91 Å². The highest BCUT2D eigenvalue weighted by molar-refractivity contribution is 5.81. The molecule has 6 heteroatoms. The van der Waals surface area contributed by atoms with Crippen LogP contribution in [0.25, 0.3) is 0 Å². The SMILES string of the molecule is CC.CC(=O)CN1CCC(CN2CCN(C(=O)C(C)NC(C)C)CC2)CC1. The van der Waals surface area contributed by atoms with E-state index in [9.17, 15) is 9.59 Å². The summed E-state index contributed by atoms with van der Waals surface area (Å²) in [7, 11) is 0. The first-order chi connectivity index (χ1) is 12.8. The van der Waals surface area contributed by atoms with Crippen molar-refractivity contribution in [3.63, 3.8) is 0 Å². The molecule has 1 amide bonds. The van der Waals surface area contributed by atoms with E-state index in [-0.39, 0.29) is 17.7 Å². The predicted molar refractivity (Wildman–Crippen MR) is 112 cm³/mol. The third-order valence-corrected chi connectivity index (χ3v) is 5.31. The third kappa shape index (κ3) is 8.71. The van der Waals surface area contributed by atoms with Gasteiger partial charge in [-0.2, -0.15) is 0 Å². The molecule has 0 aromatic heterocycles. The Morgan fingerprint density at radius 3 is 1.96 bits per heavy atom. The molecule has 0 aliphatic carbocycles. The van der Waals surface area contributed by atoms with Crippen LogP contribution >= 0.6 is 0 Å². The molecule has 6 nitrogen and oxygen atoms in total. The largest absolute Gasteiger partial charge is 0.339 e. The second-order valence-electron chi connectivity index (χ2n) is 8.09. The lowest BCUT2D eigenvalue weighted by Crippen LogP contribution is -2.55. The minimum Gasteiger partial charge on any atom is -0.339 e. The highest BCUT2D eigenvalue weighted by Gasteiger charge is 2.27. The first-order valence-electron chi connectivity index (χ1n) is 10.8. The topological polar surface area (TPSA) is 55.9 Å². The quantitative estimate of drug-likeness (QED) is 0.728. The third-order valence-electron chi connectivity index (χ3n) is 5.31. The van der Waals surface area contributed by atoms with E-state index >= 15 is 0 Å². The number of likely N-dealkylation sites (tertiary alicyclic amines) is 1. The monoisotopic (exact) mass is 382 g/mol. The summed E-state index contributed by atoms with van der Waals surface area (Å²) >= 11 is 0. The van der Waals surface area contributed by atoms with Gasteiger partial charge < -0.3 is 10.2 Å². The maximum absolute atomic E-state index is 12.5. The molecule has 0 bridgehead atoms. The summed E-state index contributed by atoms with van der Waals surface area (Å²) in [6.07, 6.45) is 2.36. The number of amides is 1. The molecule has 0 aromatic rings. The molecule has 2 aliphatic heterocycles. The molecule has 2 rings (SSSR count). The molecule has 2 heterocycles. The summed E-state index contributed by atoms with van der Waals surface area (Å²) in [5.41, 5.74) is 0. The lowest BCUT2D eigenvalue weighted by molar-refractivity contribution is -0.135. The van der Waals surface area contributed by atoms with Crippen molar-refractivity contribution in [2.24, 2.45) is 5.92 Å². The van der Waals surface area contributed by atoms with Crippen LogP contribution in [0.5, 0.6) is 0 Å². The standard InChI is InChI=1S/C19H36N4O2.C2H6/c1-15(2)20-17(4)19(25)23-11-9-22(10-12-23)14-18-5-7-21(8-6-18)13-16(3)24;1-2/h15,17-18,20H,5-14H2,1-4H3;1-2H3. The fourth-order valence-corrected chi connectivity index (χ4v) is 4.00. The van der Waals surface area contributed by atoms with Crippen molar-refractivity contribution in [2.75, 3.05) is 52.4 Å². The summed E-state index contributed by atoms with van der Waals surface area (Å²) in [5.74, 6) is 1.22. The summed E-state index contributed by atoms with van der Waals surface area (Å²) < 4.78 is 0. The molecule has 158 valence electrons. The van der Waals surface area contributed by atoms with Crippen molar-refractivity contribution < 1.29 is 9.59 Å². The van der Waals surface area contributed by atoms with Crippen LogP contribution in [0.4, 0.5) is 0 Å². The van der Waals surface area contributed by atoms with E-state index < -0.39 is 0 Å². The zero-order valence-electron chi connectivity index (χ0n) is 18.5. The molecule has 0 saturated carbocycles. The van der Waals surface area contributed by atoms with E-state index in [1.807, 2.05) is 25.7 Å². The highest BCUT2D eigenvalue weighted by Crippen LogP contribution is 2.19. The minimum absolute atomic E-state index is 0.0999. The number of hydrogen-bond donors (Lipinski definition) is 1. The Morgan fingerprint density at radius 1 is 0.926 bits per heavy atom. The second-order valence-corrected chi connectivity index (χ2v) is 8.09. The van der Waals surface area contributed by atoms with Crippen molar-refractivity contribution >= 4 is 11.7 Å². The molecule has 0 aromatic carbocycles. The molecule has 2 fully saturated rings. The van der Waals surface area contributed by atoms with Gasteiger partial charge in [-0.1, -0.05) is 27.7 Å². The maximum atomic E-state index is 12.5. The van der Waals surface area contributed by atoms with Crippen LogP contribution in [0.15, 0.2) is 0 Å². The first-order valence-corrected chi connectivity index (χ1v) is 10.8. The van der Waals surface area contributed by atoms with Crippen molar-refractivity contribution in [2.45, 2.75) is 66.5 Å². The Labute approximate surface area is 166 Å². The van der Waals surface area contributed by atoms with E-state index in [0.29, 0.717) is 12.6 Å². The van der Waals surface area contributed by atoms with Gasteiger partial charge in [-0.25, -0.2) is 0 Å². The summed E-state index contributed by atoms with van der Waals surface area (Å²) in [6, 6.07) is 0.228. The van der Waals surface area contributed by atoms with Gasteiger partial charge in [0.05, 0.1) is 12.6 Å². The Morgan fingerprint density at radius 2 is 1.48 bits per heavy atom. The van der Waals surface area contributed by atoms with Gasteiger partial charge in [-0.3, -0.25) is 19.4 Å². The number of nitrogens with one attached hydrogen (secondary N) is 1. The lowest BCUT2D eigenvalue weighted by atomic mass is 9.95. The number of rotatable bonds is 7. The van der Waals surface area contributed by atoms with Gasteiger partial charge in [-0.15, -0.1) is 0 Å². The summed E-state index contributed by atoms with van der Waals surface area (Å²) in [4.78, 5) is 30.5. The van der Waals surface area contributed by atoms with Crippen LogP contribution in [0, 0.1) is 5.92 Å². The van der Waals surface area contributed by atoms with Crippen LogP contribution in [-0.2, 0) is 9.59 Å². The lowest BCUT2D eigenvalue weighted by Gasteiger charge is -2.39. The molecule has 0 radical (unpaired) electrons. The molecule has 1 unspecified atom stereocenters. The Bertz CT molecular complexity index is 439. The first kappa shape index (κ1) is 24.1. The number of piperazine rings is 1. The average molecular weight is 383 g/mol. The Balaban J connectivity index is 0.00000176. The molecular formula is C21H42N4O2. The summed E-state index contributed by atoms with van der Waals surface area (Å²) in [6.45, 7) is 19.2. The van der Waals surface area contributed by atoms with Gasteiger partial charge in [-0.05, 0) is 45.7 Å². The van der Waals surface area contributed by atoms with E-state index in [1.54, 1.807) is 6.92 Å². The molecule has 1 N–H and O–H groups in total. The zero-order chi connectivity index (χ0) is 20.4. The van der Waals surface area contributed by atoms with E-state index in [0.717, 1.165) is 51.7 Å². The van der Waals surface area contributed by atoms with Gasteiger partial charge in [0.15, 0.2) is 0 Å². The second kappa shape index (κ2) is 12.5. The van der Waals surface area contributed by atoms with E-state index in [2.05, 4.69) is 29.0 Å². The van der Waals surface area contributed by atoms with Crippen LogP contribution in [0.3, 0.4) is 0 Å². The maximum Gasteiger partial charge on any atom is 0.239 e. The van der Waals surface area contributed by atoms with Crippen LogP contribution in [0.2, 0.25) is 0 Å². The smallest absolute Gasteiger partial charge is 0.239 e. The number of hydrogen-bond acceptors (Lipinski definition) is 5. The van der Waals surface area contributed by atoms with Crippen molar-refractivity contribution in [3.8, 4) is 0 Å².